The third-order valence-electron chi connectivity index (χ3n) is 4.07. The number of para-hydroxylation sites is 2. The van der Waals surface area contributed by atoms with E-state index in [1.807, 2.05) is 6.07 Å². The minimum atomic E-state index is -0.462. The molecule has 144 valence electrons. The zero-order valence-corrected chi connectivity index (χ0v) is 15.5. The largest absolute Gasteiger partial charge is 0.486 e. The Morgan fingerprint density at radius 3 is 2.75 bits per heavy atom. The van der Waals surface area contributed by atoms with Crippen LogP contribution in [-0.2, 0) is 4.79 Å². The molecule has 10 heteroatoms. The third-order valence-corrected chi connectivity index (χ3v) is 5.00. The van der Waals surface area contributed by atoms with Crippen molar-refractivity contribution in [2.24, 2.45) is 0 Å². The van der Waals surface area contributed by atoms with Crippen LogP contribution >= 0.6 is 11.3 Å². The Labute approximate surface area is 163 Å². The summed E-state index contributed by atoms with van der Waals surface area (Å²) in [6.07, 6.45) is 0.144. The number of aromatic nitrogens is 1. The van der Waals surface area contributed by atoms with E-state index < -0.39 is 4.92 Å². The number of nitrogens with one attached hydrogen (secondary N) is 2. The highest BCUT2D eigenvalue weighted by molar-refractivity contribution is 7.22. The lowest BCUT2D eigenvalue weighted by atomic mass is 10.2. The first-order valence-electron chi connectivity index (χ1n) is 8.57. The van der Waals surface area contributed by atoms with Gasteiger partial charge in [-0.3, -0.25) is 14.9 Å². The lowest BCUT2D eigenvalue weighted by Crippen LogP contribution is -2.16. The summed E-state index contributed by atoms with van der Waals surface area (Å²) in [5, 5.41) is 17.2. The van der Waals surface area contributed by atoms with Crippen LogP contribution in [0.15, 0.2) is 36.4 Å². The van der Waals surface area contributed by atoms with Gasteiger partial charge in [-0.05, 0) is 6.07 Å². The summed E-state index contributed by atoms with van der Waals surface area (Å²) in [5.74, 6) is 1.09. The number of hydrogen-bond acceptors (Lipinski definition) is 8. The maximum Gasteiger partial charge on any atom is 0.292 e. The minimum Gasteiger partial charge on any atom is -0.486 e. The zero-order valence-electron chi connectivity index (χ0n) is 14.6. The quantitative estimate of drug-likeness (QED) is 0.481. The van der Waals surface area contributed by atoms with Gasteiger partial charge in [-0.15, -0.1) is 0 Å². The molecule has 1 aromatic heterocycles. The molecule has 2 N–H and O–H groups in total. The van der Waals surface area contributed by atoms with E-state index in [1.165, 1.54) is 17.4 Å². The molecule has 2 heterocycles. The second-order valence-electron chi connectivity index (χ2n) is 5.98. The van der Waals surface area contributed by atoms with Gasteiger partial charge in [0, 0.05) is 31.2 Å². The van der Waals surface area contributed by atoms with E-state index in [-0.39, 0.29) is 24.6 Å². The van der Waals surface area contributed by atoms with Crippen LogP contribution in [0.5, 0.6) is 11.5 Å². The normalized spacial score (nSPS) is 12.6. The molecule has 0 bridgehead atoms. The van der Waals surface area contributed by atoms with Gasteiger partial charge in [0.25, 0.3) is 5.69 Å². The van der Waals surface area contributed by atoms with Crippen LogP contribution in [0.1, 0.15) is 6.42 Å². The number of amides is 1. The Kier molecular flexibility index (Phi) is 4.94. The molecule has 1 amide bonds. The van der Waals surface area contributed by atoms with Gasteiger partial charge >= 0.3 is 0 Å². The van der Waals surface area contributed by atoms with Crippen LogP contribution in [0.3, 0.4) is 0 Å². The highest BCUT2D eigenvalue weighted by Crippen LogP contribution is 2.37. The lowest BCUT2D eigenvalue weighted by Gasteiger charge is -2.17. The molecule has 0 fully saturated rings. The summed E-state index contributed by atoms with van der Waals surface area (Å²) in [6, 6.07) is 9.96. The fraction of sp³-hybridized carbons (Fsp3) is 0.222. The fourth-order valence-electron chi connectivity index (χ4n) is 2.79. The minimum absolute atomic E-state index is 0.0255. The third kappa shape index (κ3) is 3.81. The summed E-state index contributed by atoms with van der Waals surface area (Å²) in [4.78, 5) is 27.1. The average molecular weight is 400 g/mol. The Balaban J connectivity index is 1.37. The lowest BCUT2D eigenvalue weighted by molar-refractivity contribution is -0.384. The highest BCUT2D eigenvalue weighted by atomic mass is 32.1. The number of nitrogens with zero attached hydrogens (tertiary/aromatic N) is 2. The van der Waals surface area contributed by atoms with E-state index in [0.717, 1.165) is 10.2 Å². The fourth-order valence-corrected chi connectivity index (χ4v) is 3.69. The predicted octanol–water partition coefficient (Wildman–Crippen LogP) is 3.42. The molecule has 4 rings (SSSR count). The topological polar surface area (TPSA) is 116 Å². The maximum absolute atomic E-state index is 12.2. The molecule has 28 heavy (non-hydrogen) atoms. The van der Waals surface area contributed by atoms with Gasteiger partial charge < -0.3 is 20.1 Å². The highest BCUT2D eigenvalue weighted by Gasteiger charge is 2.16. The van der Waals surface area contributed by atoms with Crippen LogP contribution in [0.25, 0.3) is 10.2 Å². The van der Waals surface area contributed by atoms with Gasteiger partial charge in [0.2, 0.25) is 5.91 Å². The van der Waals surface area contributed by atoms with E-state index in [9.17, 15) is 14.9 Å². The Hall–Kier alpha value is -3.40. The van der Waals surface area contributed by atoms with Crippen molar-refractivity contribution in [2.45, 2.75) is 6.42 Å². The van der Waals surface area contributed by atoms with E-state index in [4.69, 9.17) is 9.47 Å². The summed E-state index contributed by atoms with van der Waals surface area (Å²) < 4.78 is 12.0. The maximum atomic E-state index is 12.2. The number of carbonyl (C=O) groups excluding carboxylic acids is 1. The number of ether oxygens (including phenoxy) is 2. The molecule has 0 saturated carbocycles. The molecule has 1 aliphatic rings. The standard InChI is InChI=1S/C18H16N4O5S/c23-17(5-6-19-11-3-1-2-4-13(11)22(24)25)21-18-20-12-9-14-15(10-16(12)28-18)27-8-7-26-14/h1-4,9-10,19H,5-8H2,(H,20,21,23). The monoisotopic (exact) mass is 400 g/mol. The average Bonchev–Trinajstić information content (AvgIpc) is 3.07. The number of thiazole rings is 1. The van der Waals surface area contributed by atoms with Gasteiger partial charge in [0.1, 0.15) is 18.9 Å². The number of fused-ring (bicyclic) bond motifs is 2. The van der Waals surface area contributed by atoms with Crippen LogP contribution in [0, 0.1) is 10.1 Å². The Bertz CT molecular complexity index is 1010. The second-order valence-corrected chi connectivity index (χ2v) is 7.01. The molecule has 1 aliphatic heterocycles. The van der Waals surface area contributed by atoms with Gasteiger partial charge in [0.15, 0.2) is 16.6 Å². The van der Waals surface area contributed by atoms with Crippen molar-refractivity contribution in [2.75, 3.05) is 30.4 Å². The summed E-state index contributed by atoms with van der Waals surface area (Å²) in [7, 11) is 0. The molecule has 0 atom stereocenters. The molecular weight excluding hydrogens is 384 g/mol. The Morgan fingerprint density at radius 2 is 1.96 bits per heavy atom. The van der Waals surface area contributed by atoms with Crippen molar-refractivity contribution in [3.63, 3.8) is 0 Å². The van der Waals surface area contributed by atoms with Crippen molar-refractivity contribution in [3.05, 3.63) is 46.5 Å². The van der Waals surface area contributed by atoms with Crippen LogP contribution in [-0.4, -0.2) is 35.6 Å². The van der Waals surface area contributed by atoms with Crippen molar-refractivity contribution in [1.82, 2.24) is 4.98 Å². The molecule has 9 nitrogen and oxygen atoms in total. The molecule has 0 saturated heterocycles. The first-order valence-corrected chi connectivity index (χ1v) is 9.39. The van der Waals surface area contributed by atoms with E-state index in [0.29, 0.717) is 35.5 Å². The molecule has 2 aromatic carbocycles. The SMILES string of the molecule is O=C(CCNc1ccccc1[N+](=O)[O-])Nc1nc2cc3c(cc2s1)OCCO3. The van der Waals surface area contributed by atoms with Crippen LogP contribution < -0.4 is 20.1 Å². The number of nitro groups is 1. The van der Waals surface area contributed by atoms with Crippen molar-refractivity contribution >= 4 is 44.0 Å². The summed E-state index contributed by atoms with van der Waals surface area (Å²) >= 11 is 1.35. The molecule has 0 aliphatic carbocycles. The number of rotatable bonds is 6. The van der Waals surface area contributed by atoms with Crippen LogP contribution in [0.2, 0.25) is 0 Å². The van der Waals surface area contributed by atoms with Crippen molar-refractivity contribution < 1.29 is 19.2 Å². The van der Waals surface area contributed by atoms with Crippen molar-refractivity contribution in [3.8, 4) is 11.5 Å². The van der Waals surface area contributed by atoms with Gasteiger partial charge in [-0.2, -0.15) is 0 Å². The molecular formula is C18H16N4O5S. The smallest absolute Gasteiger partial charge is 0.292 e. The molecule has 3 aromatic rings. The Morgan fingerprint density at radius 1 is 1.21 bits per heavy atom. The first kappa shape index (κ1) is 18.0. The second kappa shape index (κ2) is 7.69. The number of nitro benzene ring substituents is 1. The summed E-state index contributed by atoms with van der Waals surface area (Å²) in [6.45, 7) is 1.27. The van der Waals surface area contributed by atoms with Gasteiger partial charge in [-0.1, -0.05) is 23.5 Å². The number of carbonyl (C=O) groups is 1. The summed E-state index contributed by atoms with van der Waals surface area (Å²) in [5.41, 5.74) is 1.08. The molecule has 0 radical (unpaired) electrons. The molecule has 0 spiro atoms. The van der Waals surface area contributed by atoms with E-state index >= 15 is 0 Å². The van der Waals surface area contributed by atoms with Crippen LogP contribution in [0.4, 0.5) is 16.5 Å². The van der Waals surface area contributed by atoms with Gasteiger partial charge in [0.05, 0.1) is 15.1 Å². The number of anilines is 2. The van der Waals surface area contributed by atoms with E-state index in [2.05, 4.69) is 15.6 Å². The molecule has 0 unspecified atom stereocenters. The van der Waals surface area contributed by atoms with Gasteiger partial charge in [-0.25, -0.2) is 4.98 Å². The predicted molar refractivity (Wildman–Crippen MR) is 105 cm³/mol. The first-order chi connectivity index (χ1) is 13.6. The van der Waals surface area contributed by atoms with E-state index in [1.54, 1.807) is 24.3 Å². The van der Waals surface area contributed by atoms with Crippen molar-refractivity contribution in [1.29, 1.82) is 0 Å². The zero-order chi connectivity index (χ0) is 19.5. The number of benzene rings is 2. The number of hydrogen-bond donors (Lipinski definition) is 2.